The van der Waals surface area contributed by atoms with Crippen LogP contribution in [0.4, 0.5) is 0 Å². The highest BCUT2D eigenvalue weighted by atomic mass is 35.5. The summed E-state index contributed by atoms with van der Waals surface area (Å²) < 4.78 is 0. The topological polar surface area (TPSA) is 73.2 Å². The smallest absolute Gasteiger partial charge is 0.224 e. The maximum atomic E-state index is 12.0. The van der Waals surface area contributed by atoms with Gasteiger partial charge in [0, 0.05) is 31.0 Å². The normalized spacial score (nSPS) is 17.1. The molecule has 1 saturated heterocycles. The molecule has 0 unspecified atom stereocenters. The molecule has 1 aromatic rings. The summed E-state index contributed by atoms with van der Waals surface area (Å²) in [6.07, 6.45) is 1.86. The van der Waals surface area contributed by atoms with Gasteiger partial charge in [-0.1, -0.05) is 23.7 Å². The summed E-state index contributed by atoms with van der Waals surface area (Å²) in [7, 11) is 0. The molecule has 116 valence electrons. The van der Waals surface area contributed by atoms with Gasteiger partial charge in [0.2, 0.25) is 11.8 Å². The van der Waals surface area contributed by atoms with Gasteiger partial charge in [-0.05, 0) is 30.5 Å². The predicted octanol–water partition coefficient (Wildman–Crippen LogP) is 2.25. The Kier molecular flexibility index (Phi) is 5.79. The lowest BCUT2D eigenvalue weighted by molar-refractivity contribution is -0.133. The first-order chi connectivity index (χ1) is 10.6. The summed E-state index contributed by atoms with van der Waals surface area (Å²) in [5.74, 6) is -0.290. The van der Waals surface area contributed by atoms with Crippen LogP contribution in [-0.4, -0.2) is 29.3 Å². The fourth-order valence-electron chi connectivity index (χ4n) is 2.45. The summed E-state index contributed by atoms with van der Waals surface area (Å²) >= 11 is 5.79. The van der Waals surface area contributed by atoms with E-state index in [-0.39, 0.29) is 30.7 Å². The van der Waals surface area contributed by atoms with Crippen LogP contribution in [0, 0.1) is 11.3 Å². The number of amides is 2. The second kappa shape index (κ2) is 7.81. The summed E-state index contributed by atoms with van der Waals surface area (Å²) in [5.41, 5.74) is 0.952. The van der Waals surface area contributed by atoms with Crippen LogP contribution in [0.1, 0.15) is 31.2 Å². The minimum atomic E-state index is -0.329. The second-order valence-corrected chi connectivity index (χ2v) is 5.71. The van der Waals surface area contributed by atoms with Gasteiger partial charge in [-0.15, -0.1) is 0 Å². The molecule has 0 bridgehead atoms. The van der Waals surface area contributed by atoms with Crippen LogP contribution in [0.15, 0.2) is 24.3 Å². The summed E-state index contributed by atoms with van der Waals surface area (Å²) in [6, 6.07) is 9.02. The van der Waals surface area contributed by atoms with Crippen LogP contribution in [0.25, 0.3) is 0 Å². The fraction of sp³-hybridized carbons (Fsp3) is 0.438. The highest BCUT2D eigenvalue weighted by Crippen LogP contribution is 2.17. The molecule has 1 aromatic carbocycles. The van der Waals surface area contributed by atoms with Gasteiger partial charge in [0.15, 0.2) is 0 Å². The standard InChI is InChI=1S/C16H18ClN3O2/c17-13-5-3-12(4-6-13)11-19-15(21)7-8-16(22)20-9-1-2-14(20)10-18/h3-6,14H,1-2,7-9,11H2,(H,19,21)/t14-/m0/s1. The highest BCUT2D eigenvalue weighted by molar-refractivity contribution is 6.30. The van der Waals surface area contributed by atoms with E-state index < -0.39 is 0 Å². The monoisotopic (exact) mass is 319 g/mol. The lowest BCUT2D eigenvalue weighted by atomic mass is 10.2. The van der Waals surface area contributed by atoms with Gasteiger partial charge >= 0.3 is 0 Å². The minimum absolute atomic E-state index is 0.120. The average molecular weight is 320 g/mol. The van der Waals surface area contributed by atoms with E-state index in [4.69, 9.17) is 16.9 Å². The quantitative estimate of drug-likeness (QED) is 0.904. The zero-order valence-electron chi connectivity index (χ0n) is 12.2. The SMILES string of the molecule is N#C[C@@H]1CCCN1C(=O)CCC(=O)NCc1ccc(Cl)cc1. The number of hydrogen-bond donors (Lipinski definition) is 1. The van der Waals surface area contributed by atoms with E-state index in [1.54, 1.807) is 17.0 Å². The van der Waals surface area contributed by atoms with Crippen LogP contribution in [0.3, 0.4) is 0 Å². The molecule has 0 spiro atoms. The van der Waals surface area contributed by atoms with Crippen molar-refractivity contribution in [3.8, 4) is 6.07 Å². The van der Waals surface area contributed by atoms with Gasteiger partial charge in [0.25, 0.3) is 0 Å². The molecular formula is C16H18ClN3O2. The minimum Gasteiger partial charge on any atom is -0.352 e. The van der Waals surface area contributed by atoms with E-state index in [1.165, 1.54) is 0 Å². The molecule has 22 heavy (non-hydrogen) atoms. The number of hydrogen-bond acceptors (Lipinski definition) is 3. The Morgan fingerprint density at radius 1 is 1.32 bits per heavy atom. The molecule has 1 atom stereocenters. The van der Waals surface area contributed by atoms with Gasteiger partial charge in [0.1, 0.15) is 6.04 Å². The lowest BCUT2D eigenvalue weighted by Crippen LogP contribution is -2.35. The molecule has 0 radical (unpaired) electrons. The number of benzene rings is 1. The van der Waals surface area contributed by atoms with E-state index in [2.05, 4.69) is 11.4 Å². The number of halogens is 1. The Balaban J connectivity index is 1.72. The molecule has 5 nitrogen and oxygen atoms in total. The Hall–Kier alpha value is -2.06. The van der Waals surface area contributed by atoms with Crippen LogP contribution in [-0.2, 0) is 16.1 Å². The Labute approximate surface area is 134 Å². The lowest BCUT2D eigenvalue weighted by Gasteiger charge is -2.19. The number of nitriles is 1. The molecule has 6 heteroatoms. The maximum Gasteiger partial charge on any atom is 0.224 e. The first-order valence-electron chi connectivity index (χ1n) is 7.30. The molecule has 1 aliphatic rings. The van der Waals surface area contributed by atoms with Crippen molar-refractivity contribution in [3.63, 3.8) is 0 Å². The highest BCUT2D eigenvalue weighted by Gasteiger charge is 2.28. The fourth-order valence-corrected chi connectivity index (χ4v) is 2.58. The number of likely N-dealkylation sites (tertiary alicyclic amines) is 1. The molecule has 1 aliphatic heterocycles. The van der Waals surface area contributed by atoms with Gasteiger partial charge < -0.3 is 10.2 Å². The van der Waals surface area contributed by atoms with Gasteiger partial charge in [-0.25, -0.2) is 0 Å². The van der Waals surface area contributed by atoms with Crippen LogP contribution < -0.4 is 5.32 Å². The number of nitrogens with one attached hydrogen (secondary N) is 1. The molecule has 1 fully saturated rings. The maximum absolute atomic E-state index is 12.0. The van der Waals surface area contributed by atoms with Crippen molar-refractivity contribution in [1.82, 2.24) is 10.2 Å². The molecule has 1 heterocycles. The number of nitrogens with zero attached hydrogens (tertiary/aromatic N) is 2. The van der Waals surface area contributed by atoms with E-state index >= 15 is 0 Å². The Bertz CT molecular complexity index is 580. The van der Waals surface area contributed by atoms with Crippen LogP contribution in [0.2, 0.25) is 5.02 Å². The molecule has 0 aromatic heterocycles. The summed E-state index contributed by atoms with van der Waals surface area (Å²) in [4.78, 5) is 25.4. The first-order valence-corrected chi connectivity index (χ1v) is 7.68. The zero-order valence-corrected chi connectivity index (χ0v) is 13.0. The van der Waals surface area contributed by atoms with Crippen molar-refractivity contribution in [2.45, 2.75) is 38.3 Å². The molecule has 2 amide bonds. The third-order valence-electron chi connectivity index (χ3n) is 3.69. The first kappa shape index (κ1) is 16.3. The van der Waals surface area contributed by atoms with Gasteiger partial charge in [-0.2, -0.15) is 5.26 Å². The largest absolute Gasteiger partial charge is 0.352 e. The summed E-state index contributed by atoms with van der Waals surface area (Å²) in [5, 5.41) is 12.4. The third-order valence-corrected chi connectivity index (χ3v) is 3.94. The van der Waals surface area contributed by atoms with E-state index in [9.17, 15) is 9.59 Å². The average Bonchev–Trinajstić information content (AvgIpc) is 3.00. The third kappa shape index (κ3) is 4.47. The zero-order chi connectivity index (χ0) is 15.9. The number of carbonyl (C=O) groups excluding carboxylic acids is 2. The Morgan fingerprint density at radius 3 is 2.73 bits per heavy atom. The van der Waals surface area contributed by atoms with Gasteiger partial charge in [-0.3, -0.25) is 9.59 Å². The Morgan fingerprint density at radius 2 is 2.05 bits per heavy atom. The van der Waals surface area contributed by atoms with Crippen molar-refractivity contribution in [3.05, 3.63) is 34.9 Å². The van der Waals surface area contributed by atoms with Crippen molar-refractivity contribution in [1.29, 1.82) is 5.26 Å². The van der Waals surface area contributed by atoms with Gasteiger partial charge in [0.05, 0.1) is 6.07 Å². The van der Waals surface area contributed by atoms with Crippen molar-refractivity contribution >= 4 is 23.4 Å². The number of rotatable bonds is 5. The summed E-state index contributed by atoms with van der Waals surface area (Å²) in [6.45, 7) is 1.03. The van der Waals surface area contributed by atoms with Crippen LogP contribution >= 0.6 is 11.6 Å². The molecular weight excluding hydrogens is 302 g/mol. The number of carbonyl (C=O) groups is 2. The van der Waals surface area contributed by atoms with E-state index in [1.807, 2.05) is 12.1 Å². The predicted molar refractivity (Wildman–Crippen MR) is 82.9 cm³/mol. The van der Waals surface area contributed by atoms with E-state index in [0.717, 1.165) is 18.4 Å². The molecule has 0 saturated carbocycles. The van der Waals surface area contributed by atoms with Crippen molar-refractivity contribution in [2.75, 3.05) is 6.54 Å². The second-order valence-electron chi connectivity index (χ2n) is 5.28. The molecule has 0 aliphatic carbocycles. The molecule has 1 N–H and O–H groups in total. The van der Waals surface area contributed by atoms with Crippen LogP contribution in [0.5, 0.6) is 0 Å². The van der Waals surface area contributed by atoms with E-state index in [0.29, 0.717) is 18.1 Å². The molecule has 2 rings (SSSR count). The van der Waals surface area contributed by atoms with Crippen molar-refractivity contribution < 1.29 is 9.59 Å². The van der Waals surface area contributed by atoms with Crippen molar-refractivity contribution in [2.24, 2.45) is 0 Å².